The molecule has 21 heavy (non-hydrogen) atoms. The molecule has 1 aliphatic heterocycles. The number of hydrogen-bond donors (Lipinski definition) is 0. The molecule has 1 heterocycles. The number of carbonyl (C=O) groups is 2. The molecule has 0 spiro atoms. The summed E-state index contributed by atoms with van der Waals surface area (Å²) in [5, 5.41) is 0. The molecular formula is C15H24O6. The summed E-state index contributed by atoms with van der Waals surface area (Å²) in [5.41, 5.74) is -0.338. The highest BCUT2D eigenvalue weighted by Gasteiger charge is 2.33. The first-order valence-electron chi connectivity index (χ1n) is 7.05. The number of rotatable bonds is 6. The Kier molecular flexibility index (Phi) is 6.36. The molecule has 0 aromatic rings. The molecule has 0 saturated carbocycles. The second-order valence-electron chi connectivity index (χ2n) is 5.54. The monoisotopic (exact) mass is 300 g/mol. The van der Waals surface area contributed by atoms with Gasteiger partial charge in [-0.25, -0.2) is 0 Å². The smallest absolute Gasteiger partial charge is 0.303 e. The fourth-order valence-corrected chi connectivity index (χ4v) is 1.72. The molecule has 6 nitrogen and oxygen atoms in total. The second-order valence-corrected chi connectivity index (χ2v) is 5.54. The lowest BCUT2D eigenvalue weighted by molar-refractivity contribution is -0.227. The van der Waals surface area contributed by atoms with Gasteiger partial charge in [0.2, 0.25) is 0 Å². The number of ether oxygens (including phenoxy) is 4. The van der Waals surface area contributed by atoms with E-state index in [4.69, 9.17) is 18.9 Å². The minimum absolute atomic E-state index is 0.00400. The topological polar surface area (TPSA) is 71.1 Å². The maximum atomic E-state index is 11.1. The summed E-state index contributed by atoms with van der Waals surface area (Å²) in [6.45, 7) is 8.58. The third-order valence-electron chi connectivity index (χ3n) is 3.17. The Morgan fingerprint density at radius 1 is 1.19 bits per heavy atom. The van der Waals surface area contributed by atoms with Crippen LogP contribution in [0.1, 0.15) is 41.0 Å². The average Bonchev–Trinajstić information content (AvgIpc) is 2.38. The zero-order valence-corrected chi connectivity index (χ0v) is 13.3. The SMILES string of the molecule is CCC(C)(C)OC1C=C[C@H](OC(C)=O)[C@@H](COC(C)=O)O1. The maximum Gasteiger partial charge on any atom is 0.303 e. The van der Waals surface area contributed by atoms with Crippen molar-refractivity contribution in [2.75, 3.05) is 6.61 Å². The van der Waals surface area contributed by atoms with Gasteiger partial charge in [0, 0.05) is 13.8 Å². The van der Waals surface area contributed by atoms with E-state index in [-0.39, 0.29) is 12.2 Å². The molecule has 1 aliphatic rings. The van der Waals surface area contributed by atoms with Gasteiger partial charge < -0.3 is 18.9 Å². The van der Waals surface area contributed by atoms with Crippen LogP contribution in [0.3, 0.4) is 0 Å². The van der Waals surface area contributed by atoms with Gasteiger partial charge in [-0.15, -0.1) is 0 Å². The Bertz CT molecular complexity index is 401. The van der Waals surface area contributed by atoms with Crippen LogP contribution < -0.4 is 0 Å². The van der Waals surface area contributed by atoms with Gasteiger partial charge in [-0.3, -0.25) is 9.59 Å². The molecule has 0 aromatic heterocycles. The van der Waals surface area contributed by atoms with E-state index in [0.717, 1.165) is 6.42 Å². The molecule has 3 atom stereocenters. The van der Waals surface area contributed by atoms with Crippen molar-refractivity contribution in [3.05, 3.63) is 12.2 Å². The average molecular weight is 300 g/mol. The Morgan fingerprint density at radius 3 is 2.38 bits per heavy atom. The van der Waals surface area contributed by atoms with Gasteiger partial charge in [0.15, 0.2) is 6.29 Å². The van der Waals surface area contributed by atoms with Gasteiger partial charge in [0.05, 0.1) is 5.60 Å². The van der Waals surface area contributed by atoms with Crippen LogP contribution in [-0.4, -0.2) is 42.6 Å². The van der Waals surface area contributed by atoms with Crippen molar-refractivity contribution in [2.45, 2.75) is 65.1 Å². The van der Waals surface area contributed by atoms with Crippen molar-refractivity contribution in [1.82, 2.24) is 0 Å². The van der Waals surface area contributed by atoms with Gasteiger partial charge in [-0.1, -0.05) is 6.92 Å². The van der Waals surface area contributed by atoms with Crippen LogP contribution in [0.15, 0.2) is 12.2 Å². The molecule has 0 fully saturated rings. The van der Waals surface area contributed by atoms with Gasteiger partial charge >= 0.3 is 11.9 Å². The van der Waals surface area contributed by atoms with E-state index in [1.165, 1.54) is 13.8 Å². The molecule has 6 heteroatoms. The first kappa shape index (κ1) is 17.7. The molecule has 0 N–H and O–H groups in total. The fourth-order valence-electron chi connectivity index (χ4n) is 1.72. The van der Waals surface area contributed by atoms with Crippen LogP contribution in [0, 0.1) is 0 Å². The Balaban J connectivity index is 2.72. The van der Waals surface area contributed by atoms with Gasteiger partial charge in [0.1, 0.15) is 18.8 Å². The fraction of sp³-hybridized carbons (Fsp3) is 0.733. The van der Waals surface area contributed by atoms with Crippen molar-refractivity contribution >= 4 is 11.9 Å². The summed E-state index contributed by atoms with van der Waals surface area (Å²) in [6, 6.07) is 0. The van der Waals surface area contributed by atoms with Crippen LogP contribution in [0.2, 0.25) is 0 Å². The highest BCUT2D eigenvalue weighted by molar-refractivity contribution is 5.66. The number of carbonyl (C=O) groups excluding carboxylic acids is 2. The minimum Gasteiger partial charge on any atom is -0.463 e. The van der Waals surface area contributed by atoms with E-state index >= 15 is 0 Å². The number of hydrogen-bond acceptors (Lipinski definition) is 6. The summed E-state index contributed by atoms with van der Waals surface area (Å²) >= 11 is 0. The van der Waals surface area contributed by atoms with Gasteiger partial charge in [-0.05, 0) is 32.4 Å². The second kappa shape index (κ2) is 7.56. The van der Waals surface area contributed by atoms with Crippen LogP contribution >= 0.6 is 0 Å². The van der Waals surface area contributed by atoms with Crippen molar-refractivity contribution in [2.24, 2.45) is 0 Å². The van der Waals surface area contributed by atoms with Crippen LogP contribution in [0.25, 0.3) is 0 Å². The molecule has 0 saturated heterocycles. The normalized spacial score (nSPS) is 25.5. The van der Waals surface area contributed by atoms with Gasteiger partial charge in [0.25, 0.3) is 0 Å². The van der Waals surface area contributed by atoms with Gasteiger partial charge in [-0.2, -0.15) is 0 Å². The molecule has 120 valence electrons. The minimum atomic E-state index is -0.591. The van der Waals surface area contributed by atoms with E-state index in [1.54, 1.807) is 12.2 Å². The lowest BCUT2D eigenvalue weighted by Crippen LogP contribution is -2.44. The highest BCUT2D eigenvalue weighted by atomic mass is 16.7. The third kappa shape index (κ3) is 6.27. The first-order valence-corrected chi connectivity index (χ1v) is 7.05. The molecule has 0 bridgehead atoms. The molecular weight excluding hydrogens is 276 g/mol. The summed E-state index contributed by atoms with van der Waals surface area (Å²) in [6.07, 6.45) is 2.49. The summed E-state index contributed by atoms with van der Waals surface area (Å²) in [7, 11) is 0. The molecule has 0 radical (unpaired) electrons. The summed E-state index contributed by atoms with van der Waals surface area (Å²) in [5.74, 6) is -0.838. The predicted molar refractivity (Wildman–Crippen MR) is 75.4 cm³/mol. The lowest BCUT2D eigenvalue weighted by Gasteiger charge is -2.35. The van der Waals surface area contributed by atoms with E-state index in [9.17, 15) is 9.59 Å². The largest absolute Gasteiger partial charge is 0.463 e. The molecule has 0 aliphatic carbocycles. The zero-order valence-electron chi connectivity index (χ0n) is 13.3. The van der Waals surface area contributed by atoms with Crippen molar-refractivity contribution < 1.29 is 28.5 Å². The highest BCUT2D eigenvalue weighted by Crippen LogP contribution is 2.23. The summed E-state index contributed by atoms with van der Waals surface area (Å²) in [4.78, 5) is 22.0. The molecule has 1 rings (SSSR count). The van der Waals surface area contributed by atoms with E-state index < -0.39 is 30.4 Å². The van der Waals surface area contributed by atoms with Crippen LogP contribution in [-0.2, 0) is 28.5 Å². The molecule has 0 amide bonds. The maximum absolute atomic E-state index is 11.1. The quantitative estimate of drug-likeness (QED) is 0.551. The zero-order chi connectivity index (χ0) is 16.0. The van der Waals surface area contributed by atoms with Crippen LogP contribution in [0.4, 0.5) is 0 Å². The van der Waals surface area contributed by atoms with Crippen molar-refractivity contribution in [3.8, 4) is 0 Å². The summed E-state index contributed by atoms with van der Waals surface area (Å²) < 4.78 is 21.6. The Morgan fingerprint density at radius 2 is 1.86 bits per heavy atom. The standard InChI is InChI=1S/C15H24O6/c1-6-15(4,5)21-14-8-7-12(19-11(3)17)13(20-14)9-18-10(2)16/h7-8,12-14H,6,9H2,1-5H3/t12-,13+,14?/m0/s1. The Hall–Kier alpha value is -1.40. The number of esters is 2. The molecule has 0 aromatic carbocycles. The van der Waals surface area contributed by atoms with E-state index in [2.05, 4.69) is 0 Å². The predicted octanol–water partition coefficient (Wildman–Crippen LogP) is 1.97. The first-order chi connectivity index (χ1) is 9.73. The molecule has 1 unspecified atom stereocenters. The Labute approximate surface area is 125 Å². The van der Waals surface area contributed by atoms with E-state index in [0.29, 0.717) is 0 Å². The van der Waals surface area contributed by atoms with Crippen molar-refractivity contribution in [1.29, 1.82) is 0 Å². The lowest BCUT2D eigenvalue weighted by atomic mass is 10.1. The van der Waals surface area contributed by atoms with E-state index in [1.807, 2.05) is 20.8 Å². The van der Waals surface area contributed by atoms with Crippen LogP contribution in [0.5, 0.6) is 0 Å². The van der Waals surface area contributed by atoms with Crippen molar-refractivity contribution in [3.63, 3.8) is 0 Å². The third-order valence-corrected chi connectivity index (χ3v) is 3.17.